The molecule has 0 saturated carbocycles. The van der Waals surface area contributed by atoms with Gasteiger partial charge in [0.25, 0.3) is 5.89 Å². The van der Waals surface area contributed by atoms with E-state index in [1.54, 1.807) is 6.20 Å². The van der Waals surface area contributed by atoms with Crippen LogP contribution in [0.3, 0.4) is 0 Å². The lowest BCUT2D eigenvalue weighted by Gasteiger charge is -2.26. The summed E-state index contributed by atoms with van der Waals surface area (Å²) in [7, 11) is 0. The van der Waals surface area contributed by atoms with E-state index < -0.39 is 0 Å². The van der Waals surface area contributed by atoms with Gasteiger partial charge in [0.1, 0.15) is 0 Å². The van der Waals surface area contributed by atoms with Crippen LogP contribution >= 0.6 is 0 Å². The van der Waals surface area contributed by atoms with Crippen molar-refractivity contribution in [1.29, 1.82) is 0 Å². The Hall–Kier alpha value is -2.61. The number of hydrogen-bond acceptors (Lipinski definition) is 7. The maximum absolute atomic E-state index is 5.63. The maximum Gasteiger partial charge on any atom is 0.258 e. The molecule has 3 heterocycles. The fourth-order valence-corrected chi connectivity index (χ4v) is 2.96. The third-order valence-electron chi connectivity index (χ3n) is 4.42. The van der Waals surface area contributed by atoms with E-state index in [0.717, 1.165) is 49.7 Å². The van der Waals surface area contributed by atoms with Crippen molar-refractivity contribution < 1.29 is 9.26 Å². The molecular weight excluding hydrogens is 330 g/mol. The SMILES string of the molecule is NCc1cc(-c2nc(-c3ccc(CN4CCOCC4)cc3)no2)ccn1. The molecule has 1 aliphatic rings. The fourth-order valence-electron chi connectivity index (χ4n) is 2.96. The van der Waals surface area contributed by atoms with Crippen LogP contribution in [0.4, 0.5) is 0 Å². The first-order valence-electron chi connectivity index (χ1n) is 8.70. The smallest absolute Gasteiger partial charge is 0.258 e. The highest BCUT2D eigenvalue weighted by atomic mass is 16.5. The quantitative estimate of drug-likeness (QED) is 0.752. The van der Waals surface area contributed by atoms with E-state index in [1.807, 2.05) is 24.3 Å². The van der Waals surface area contributed by atoms with Gasteiger partial charge in [0, 0.05) is 43.5 Å². The van der Waals surface area contributed by atoms with Gasteiger partial charge in [-0.05, 0) is 17.7 Å². The van der Waals surface area contributed by atoms with E-state index >= 15 is 0 Å². The highest BCUT2D eigenvalue weighted by molar-refractivity contribution is 5.60. The lowest BCUT2D eigenvalue weighted by atomic mass is 10.1. The van der Waals surface area contributed by atoms with Crippen molar-refractivity contribution >= 4 is 0 Å². The Morgan fingerprint density at radius 3 is 2.62 bits per heavy atom. The molecule has 1 saturated heterocycles. The van der Waals surface area contributed by atoms with Crippen LogP contribution in [0, 0.1) is 0 Å². The van der Waals surface area contributed by atoms with Gasteiger partial charge in [-0.3, -0.25) is 9.88 Å². The minimum atomic E-state index is 0.374. The van der Waals surface area contributed by atoms with Gasteiger partial charge >= 0.3 is 0 Å². The molecule has 0 aliphatic carbocycles. The van der Waals surface area contributed by atoms with Gasteiger partial charge < -0.3 is 15.0 Å². The highest BCUT2D eigenvalue weighted by Crippen LogP contribution is 2.23. The molecule has 134 valence electrons. The van der Waals surface area contributed by atoms with Crippen LogP contribution in [-0.2, 0) is 17.8 Å². The normalized spacial score (nSPS) is 15.3. The summed E-state index contributed by atoms with van der Waals surface area (Å²) in [6, 6.07) is 12.0. The summed E-state index contributed by atoms with van der Waals surface area (Å²) in [5, 5.41) is 4.10. The molecule has 0 atom stereocenters. The zero-order valence-electron chi connectivity index (χ0n) is 14.5. The van der Waals surface area contributed by atoms with Crippen molar-refractivity contribution in [2.75, 3.05) is 26.3 Å². The van der Waals surface area contributed by atoms with Crippen LogP contribution in [0.25, 0.3) is 22.8 Å². The van der Waals surface area contributed by atoms with Crippen LogP contribution in [0.2, 0.25) is 0 Å². The first-order chi connectivity index (χ1) is 12.8. The van der Waals surface area contributed by atoms with Gasteiger partial charge in [-0.25, -0.2) is 0 Å². The van der Waals surface area contributed by atoms with Crippen LogP contribution in [0.15, 0.2) is 47.1 Å². The zero-order chi connectivity index (χ0) is 17.8. The average Bonchev–Trinajstić information content (AvgIpc) is 3.20. The molecule has 0 radical (unpaired) electrons. The number of pyridine rings is 1. The number of aromatic nitrogens is 3. The summed E-state index contributed by atoms with van der Waals surface area (Å²) >= 11 is 0. The van der Waals surface area contributed by atoms with Crippen LogP contribution in [0.1, 0.15) is 11.3 Å². The highest BCUT2D eigenvalue weighted by Gasteiger charge is 2.13. The Balaban J connectivity index is 1.48. The van der Waals surface area contributed by atoms with E-state index in [0.29, 0.717) is 18.3 Å². The first kappa shape index (κ1) is 16.8. The molecule has 4 rings (SSSR count). The molecule has 0 spiro atoms. The van der Waals surface area contributed by atoms with Crippen molar-refractivity contribution in [3.8, 4) is 22.8 Å². The zero-order valence-corrected chi connectivity index (χ0v) is 14.5. The predicted molar refractivity (Wildman–Crippen MR) is 97.0 cm³/mol. The molecule has 0 amide bonds. The molecule has 2 aromatic heterocycles. The summed E-state index contributed by atoms with van der Waals surface area (Å²) in [5.41, 5.74) is 9.44. The number of morpholine rings is 1. The molecule has 1 aliphatic heterocycles. The van der Waals surface area contributed by atoms with Crippen LogP contribution in [0.5, 0.6) is 0 Å². The Morgan fingerprint density at radius 2 is 1.85 bits per heavy atom. The number of rotatable bonds is 5. The summed E-state index contributed by atoms with van der Waals surface area (Å²) in [6.45, 7) is 4.88. The summed E-state index contributed by atoms with van der Waals surface area (Å²) in [6.07, 6.45) is 1.70. The van der Waals surface area contributed by atoms with Gasteiger partial charge in [0.05, 0.1) is 18.9 Å². The number of nitrogens with zero attached hydrogens (tertiary/aromatic N) is 4. The molecule has 1 aromatic carbocycles. The Kier molecular flexibility index (Phi) is 5.01. The lowest BCUT2D eigenvalue weighted by molar-refractivity contribution is 0.0342. The molecule has 0 unspecified atom stereocenters. The van der Waals surface area contributed by atoms with Gasteiger partial charge in [0.15, 0.2) is 0 Å². The Morgan fingerprint density at radius 1 is 1.04 bits per heavy atom. The number of nitrogens with two attached hydrogens (primary N) is 1. The monoisotopic (exact) mass is 351 g/mol. The first-order valence-corrected chi connectivity index (χ1v) is 8.70. The minimum Gasteiger partial charge on any atom is -0.379 e. The lowest BCUT2D eigenvalue weighted by Crippen LogP contribution is -2.35. The average molecular weight is 351 g/mol. The van der Waals surface area contributed by atoms with Crippen LogP contribution in [-0.4, -0.2) is 46.3 Å². The van der Waals surface area contributed by atoms with E-state index in [2.05, 4.69) is 32.2 Å². The van der Waals surface area contributed by atoms with Crippen LogP contribution < -0.4 is 5.73 Å². The summed E-state index contributed by atoms with van der Waals surface area (Å²) in [4.78, 5) is 11.1. The van der Waals surface area contributed by atoms with E-state index in [4.69, 9.17) is 15.0 Å². The topological polar surface area (TPSA) is 90.3 Å². The van der Waals surface area contributed by atoms with Crippen molar-refractivity contribution in [3.63, 3.8) is 0 Å². The second kappa shape index (κ2) is 7.74. The molecule has 7 heteroatoms. The largest absolute Gasteiger partial charge is 0.379 e. The van der Waals surface area contributed by atoms with Gasteiger partial charge in [0.2, 0.25) is 5.82 Å². The molecule has 26 heavy (non-hydrogen) atoms. The van der Waals surface area contributed by atoms with Crippen molar-refractivity contribution in [2.24, 2.45) is 5.73 Å². The van der Waals surface area contributed by atoms with Gasteiger partial charge in [-0.1, -0.05) is 29.4 Å². The molecule has 7 nitrogen and oxygen atoms in total. The van der Waals surface area contributed by atoms with Crippen molar-refractivity contribution in [2.45, 2.75) is 13.1 Å². The van der Waals surface area contributed by atoms with Gasteiger partial charge in [-0.2, -0.15) is 4.98 Å². The van der Waals surface area contributed by atoms with Crippen molar-refractivity contribution in [3.05, 3.63) is 53.9 Å². The molecule has 0 bridgehead atoms. The molecular formula is C19H21N5O2. The third kappa shape index (κ3) is 3.80. The number of ether oxygens (including phenoxy) is 1. The predicted octanol–water partition coefficient (Wildman–Crippen LogP) is 2.09. The standard InChI is InChI=1S/C19H21N5O2/c20-12-17-11-16(5-6-21-17)19-22-18(23-26-19)15-3-1-14(2-4-15)13-24-7-9-25-10-8-24/h1-6,11H,7-10,12-13,20H2. The molecule has 2 N–H and O–H groups in total. The maximum atomic E-state index is 5.63. The third-order valence-corrected chi connectivity index (χ3v) is 4.42. The van der Waals surface area contributed by atoms with Gasteiger partial charge in [-0.15, -0.1) is 0 Å². The Labute approximate surface area is 151 Å². The van der Waals surface area contributed by atoms with E-state index in [1.165, 1.54) is 5.56 Å². The fraction of sp³-hybridized carbons (Fsp3) is 0.316. The summed E-state index contributed by atoms with van der Waals surface area (Å²) < 4.78 is 10.8. The summed E-state index contributed by atoms with van der Waals surface area (Å²) in [5.74, 6) is 1.04. The van der Waals surface area contributed by atoms with E-state index in [-0.39, 0.29) is 0 Å². The van der Waals surface area contributed by atoms with E-state index in [9.17, 15) is 0 Å². The number of benzene rings is 1. The minimum absolute atomic E-state index is 0.374. The molecule has 1 fully saturated rings. The second-order valence-corrected chi connectivity index (χ2v) is 6.25. The van der Waals surface area contributed by atoms with Crippen molar-refractivity contribution in [1.82, 2.24) is 20.0 Å². The second-order valence-electron chi connectivity index (χ2n) is 6.25. The molecule has 3 aromatic rings. The Bertz CT molecular complexity index is 856. The number of hydrogen-bond donors (Lipinski definition) is 1.